The van der Waals surface area contributed by atoms with E-state index in [-0.39, 0.29) is 0 Å². The van der Waals surface area contributed by atoms with Crippen molar-refractivity contribution in [3.05, 3.63) is 65.5 Å². The highest BCUT2D eigenvalue weighted by atomic mass is 15.6. The van der Waals surface area contributed by atoms with Gasteiger partial charge in [-0.2, -0.15) is 4.80 Å². The van der Waals surface area contributed by atoms with E-state index in [4.69, 9.17) is 4.98 Å². The normalized spacial score (nSPS) is 11.4. The summed E-state index contributed by atoms with van der Waals surface area (Å²) in [7, 11) is 0. The van der Waals surface area contributed by atoms with Crippen molar-refractivity contribution < 1.29 is 0 Å². The van der Waals surface area contributed by atoms with Crippen LogP contribution in [0.2, 0.25) is 0 Å². The lowest BCUT2D eigenvalue weighted by Crippen LogP contribution is -2.09. The van der Waals surface area contributed by atoms with Crippen molar-refractivity contribution in [1.29, 1.82) is 0 Å². The first kappa shape index (κ1) is 16.3. The largest absolute Gasteiger partial charge is 0.250 e. The minimum atomic E-state index is 0.445. The first-order valence-corrected chi connectivity index (χ1v) is 8.70. The fourth-order valence-corrected chi connectivity index (χ4v) is 2.85. The zero-order valence-corrected chi connectivity index (χ0v) is 15.1. The third-order valence-corrected chi connectivity index (χ3v) is 4.42. The summed E-state index contributed by atoms with van der Waals surface area (Å²) in [5.41, 5.74) is 5.75. The van der Waals surface area contributed by atoms with Crippen LogP contribution in [0.15, 0.2) is 48.5 Å². The van der Waals surface area contributed by atoms with Crippen molar-refractivity contribution in [1.82, 2.24) is 30.2 Å². The number of tetrazole rings is 1. The van der Waals surface area contributed by atoms with Gasteiger partial charge in [0.15, 0.2) is 0 Å². The lowest BCUT2D eigenvalue weighted by molar-refractivity contribution is 0.562. The Kier molecular flexibility index (Phi) is 4.16. The van der Waals surface area contributed by atoms with Crippen molar-refractivity contribution in [3.8, 4) is 11.4 Å². The quantitative estimate of drug-likeness (QED) is 0.564. The van der Waals surface area contributed by atoms with Crippen LogP contribution in [-0.4, -0.2) is 30.2 Å². The highest BCUT2D eigenvalue weighted by molar-refractivity contribution is 5.74. The van der Waals surface area contributed by atoms with Crippen LogP contribution in [0.3, 0.4) is 0 Å². The van der Waals surface area contributed by atoms with E-state index in [1.54, 1.807) is 4.80 Å². The summed E-state index contributed by atoms with van der Waals surface area (Å²) < 4.78 is 0. The monoisotopic (exact) mass is 344 g/mol. The Bertz CT molecular complexity index is 1050. The molecule has 0 aliphatic rings. The van der Waals surface area contributed by atoms with Gasteiger partial charge in [-0.25, -0.2) is 9.97 Å². The standard InChI is InChI=1S/C20H20N6/c1-13(2)15-8-10-16(11-9-15)20-23-25-26(24-20)12-19-14(3)21-17-6-4-5-7-18(17)22-19/h4-11,13H,12H2,1-3H3. The second-order valence-electron chi connectivity index (χ2n) is 6.66. The first-order valence-electron chi connectivity index (χ1n) is 8.70. The molecule has 0 atom stereocenters. The maximum atomic E-state index is 4.69. The lowest BCUT2D eigenvalue weighted by Gasteiger charge is -2.05. The molecule has 2 aromatic heterocycles. The van der Waals surface area contributed by atoms with E-state index in [2.05, 4.69) is 46.4 Å². The number of aromatic nitrogens is 6. The van der Waals surface area contributed by atoms with Crippen LogP contribution >= 0.6 is 0 Å². The Morgan fingerprint density at radius 1 is 0.923 bits per heavy atom. The average molecular weight is 344 g/mol. The molecular weight excluding hydrogens is 324 g/mol. The number of benzene rings is 2. The molecule has 4 rings (SSSR count). The third kappa shape index (κ3) is 3.18. The van der Waals surface area contributed by atoms with Gasteiger partial charge in [0.05, 0.1) is 22.4 Å². The molecule has 0 saturated carbocycles. The molecule has 0 spiro atoms. The average Bonchev–Trinajstić information content (AvgIpc) is 3.11. The zero-order valence-electron chi connectivity index (χ0n) is 15.1. The third-order valence-electron chi connectivity index (χ3n) is 4.42. The van der Waals surface area contributed by atoms with Crippen molar-refractivity contribution >= 4 is 11.0 Å². The van der Waals surface area contributed by atoms with Gasteiger partial charge in [-0.3, -0.25) is 0 Å². The Hall–Kier alpha value is -3.15. The number of hydrogen-bond acceptors (Lipinski definition) is 5. The van der Waals surface area contributed by atoms with Gasteiger partial charge in [-0.1, -0.05) is 50.2 Å². The smallest absolute Gasteiger partial charge is 0.204 e. The molecule has 4 aromatic rings. The maximum absolute atomic E-state index is 4.69. The van der Waals surface area contributed by atoms with Gasteiger partial charge < -0.3 is 0 Å². The fourth-order valence-electron chi connectivity index (χ4n) is 2.85. The number of para-hydroxylation sites is 2. The summed E-state index contributed by atoms with van der Waals surface area (Å²) in [4.78, 5) is 10.9. The Morgan fingerprint density at radius 2 is 1.62 bits per heavy atom. The zero-order chi connectivity index (χ0) is 18.1. The molecule has 0 aliphatic heterocycles. The number of rotatable bonds is 4. The Morgan fingerprint density at radius 3 is 2.31 bits per heavy atom. The van der Waals surface area contributed by atoms with Crippen LogP contribution in [0.5, 0.6) is 0 Å². The first-order chi connectivity index (χ1) is 12.6. The SMILES string of the molecule is Cc1nc2ccccc2nc1Cn1nnc(-c2ccc(C(C)C)cc2)n1. The number of hydrogen-bond donors (Lipinski definition) is 0. The number of fused-ring (bicyclic) bond motifs is 1. The van der Waals surface area contributed by atoms with Gasteiger partial charge in [0.1, 0.15) is 6.54 Å². The second-order valence-corrected chi connectivity index (χ2v) is 6.66. The maximum Gasteiger partial charge on any atom is 0.204 e. The summed E-state index contributed by atoms with van der Waals surface area (Å²) in [5, 5.41) is 12.9. The van der Waals surface area contributed by atoms with Gasteiger partial charge in [-0.05, 0) is 35.8 Å². The number of nitrogens with zero attached hydrogens (tertiary/aromatic N) is 6. The van der Waals surface area contributed by atoms with Crippen molar-refractivity contribution in [2.45, 2.75) is 33.2 Å². The van der Waals surface area contributed by atoms with Crippen molar-refractivity contribution in [2.24, 2.45) is 0 Å². The van der Waals surface area contributed by atoms with Crippen LogP contribution in [0.25, 0.3) is 22.4 Å². The molecule has 6 nitrogen and oxygen atoms in total. The fraction of sp³-hybridized carbons (Fsp3) is 0.250. The molecule has 6 heteroatoms. The molecule has 0 unspecified atom stereocenters. The van der Waals surface area contributed by atoms with Crippen molar-refractivity contribution in [3.63, 3.8) is 0 Å². The van der Waals surface area contributed by atoms with Gasteiger partial charge in [0, 0.05) is 5.56 Å². The summed E-state index contributed by atoms with van der Waals surface area (Å²) in [6, 6.07) is 16.1. The van der Waals surface area contributed by atoms with Gasteiger partial charge >= 0.3 is 0 Å². The molecule has 2 aromatic carbocycles. The topological polar surface area (TPSA) is 69.4 Å². The summed E-state index contributed by atoms with van der Waals surface area (Å²) >= 11 is 0. The second kappa shape index (κ2) is 6.63. The Balaban J connectivity index is 1.59. The van der Waals surface area contributed by atoms with E-state index in [9.17, 15) is 0 Å². The minimum Gasteiger partial charge on any atom is -0.250 e. The van der Waals surface area contributed by atoms with Crippen LogP contribution in [0.1, 0.15) is 36.7 Å². The summed E-state index contributed by atoms with van der Waals surface area (Å²) in [6.07, 6.45) is 0. The summed E-state index contributed by atoms with van der Waals surface area (Å²) in [5.74, 6) is 1.12. The number of aryl methyl sites for hydroxylation is 1. The van der Waals surface area contributed by atoms with Crippen LogP contribution < -0.4 is 0 Å². The van der Waals surface area contributed by atoms with E-state index >= 15 is 0 Å². The molecule has 0 saturated heterocycles. The molecule has 0 bridgehead atoms. The van der Waals surface area contributed by atoms with Crippen LogP contribution in [0, 0.1) is 6.92 Å². The predicted octanol–water partition coefficient (Wildman–Crippen LogP) is 3.76. The molecule has 0 N–H and O–H groups in total. The summed E-state index contributed by atoms with van der Waals surface area (Å²) in [6.45, 7) is 6.75. The van der Waals surface area contributed by atoms with Gasteiger partial charge in [0.2, 0.25) is 5.82 Å². The van der Waals surface area contributed by atoms with Crippen LogP contribution in [0.4, 0.5) is 0 Å². The Labute approximate surface area is 151 Å². The van der Waals surface area contributed by atoms with Gasteiger partial charge in [-0.15, -0.1) is 10.2 Å². The minimum absolute atomic E-state index is 0.445. The molecular formula is C20H20N6. The highest BCUT2D eigenvalue weighted by Gasteiger charge is 2.10. The van der Waals surface area contributed by atoms with E-state index in [0.717, 1.165) is 28.0 Å². The van der Waals surface area contributed by atoms with Gasteiger partial charge in [0.25, 0.3) is 0 Å². The van der Waals surface area contributed by atoms with Crippen LogP contribution in [-0.2, 0) is 6.54 Å². The molecule has 130 valence electrons. The van der Waals surface area contributed by atoms with E-state index in [1.807, 2.05) is 43.3 Å². The molecule has 0 radical (unpaired) electrons. The lowest BCUT2D eigenvalue weighted by atomic mass is 10.0. The van der Waals surface area contributed by atoms with E-state index in [1.165, 1.54) is 5.56 Å². The molecule has 2 heterocycles. The van der Waals surface area contributed by atoms with E-state index < -0.39 is 0 Å². The molecule has 0 aliphatic carbocycles. The molecule has 0 amide bonds. The highest BCUT2D eigenvalue weighted by Crippen LogP contribution is 2.19. The molecule has 0 fully saturated rings. The predicted molar refractivity (Wildman–Crippen MR) is 101 cm³/mol. The van der Waals surface area contributed by atoms with E-state index in [0.29, 0.717) is 18.3 Å². The molecule has 26 heavy (non-hydrogen) atoms. The van der Waals surface area contributed by atoms with Crippen molar-refractivity contribution in [2.75, 3.05) is 0 Å².